The summed E-state index contributed by atoms with van der Waals surface area (Å²) in [6.07, 6.45) is 12.3. The molecule has 3 amide bonds. The second kappa shape index (κ2) is 28.9. The molecule has 22 heteroatoms. The molecule has 0 atom stereocenters. The number of morpholine rings is 1. The zero-order chi connectivity index (χ0) is 66.9. The molecule has 0 unspecified atom stereocenters. The fraction of sp³-hybridized carbons (Fsp3) is 0.189. The van der Waals surface area contributed by atoms with Gasteiger partial charge in [0.05, 0.1) is 52.3 Å². The Kier molecular flexibility index (Phi) is 19.5. The Morgan fingerprint density at radius 2 is 0.792 bits per heavy atom. The van der Waals surface area contributed by atoms with Gasteiger partial charge in [-0.3, -0.25) is 32.5 Å². The maximum atomic E-state index is 11.6. The van der Waals surface area contributed by atoms with Crippen LogP contribution in [-0.4, -0.2) is 124 Å². The second-order valence-corrected chi connectivity index (χ2v) is 25.7. The number of pyridine rings is 3. The first-order chi connectivity index (χ1) is 46.5. The summed E-state index contributed by atoms with van der Waals surface area (Å²) in [7, 11) is -3.24. The highest BCUT2D eigenvalue weighted by molar-refractivity contribution is 7.90. The lowest BCUT2D eigenvalue weighted by molar-refractivity contribution is -0.115. The predicted molar refractivity (Wildman–Crippen MR) is 383 cm³/mol. The highest BCUT2D eigenvalue weighted by atomic mass is 32.2. The number of carbonyl (C=O) groups is 3. The number of ether oxygens (including phenoxy) is 1. The topological polar surface area (TPSA) is 242 Å². The number of nitrogens with two attached hydrogens (primary N) is 1. The number of nitrogens with one attached hydrogen (secondary N) is 5. The summed E-state index contributed by atoms with van der Waals surface area (Å²) >= 11 is 0. The Balaban J connectivity index is 0.000000138. The van der Waals surface area contributed by atoms with E-state index in [4.69, 9.17) is 10.5 Å². The summed E-state index contributed by atoms with van der Waals surface area (Å²) in [5.74, 6) is -0.624. The van der Waals surface area contributed by atoms with Crippen LogP contribution < -0.4 is 42.1 Å². The fourth-order valence-corrected chi connectivity index (χ4v) is 12.4. The SMILES string of the molecule is CC(=O)Nc1ccc(-c2ccc(Nc3ccc(N4CCN(C(C)C)CC4)cc3)c3nccn23)cc1.CC(=O)Nc1ccc(-c2ccc(Nc3ccc(N4CCOCC4)cc3)c3nccn23)cc1.CS(=O)(=O)c1ccc(Nc2ccc(-c3ccc(C(N)=O)cc3)n3ccnc23)cc1. The van der Waals surface area contributed by atoms with Crippen LogP contribution in [0.25, 0.3) is 50.7 Å². The molecule has 2 saturated heterocycles. The van der Waals surface area contributed by atoms with Gasteiger partial charge in [0, 0.05) is 148 Å². The van der Waals surface area contributed by atoms with E-state index in [1.165, 1.54) is 31.5 Å². The molecule has 2 aliphatic rings. The fourth-order valence-electron chi connectivity index (χ4n) is 11.8. The van der Waals surface area contributed by atoms with Gasteiger partial charge in [0.2, 0.25) is 17.7 Å². The number of imidazole rings is 3. The molecule has 7 N–H and O–H groups in total. The van der Waals surface area contributed by atoms with Gasteiger partial charge in [-0.15, -0.1) is 0 Å². The number of fused-ring (bicyclic) bond motifs is 3. The van der Waals surface area contributed by atoms with Gasteiger partial charge in [-0.2, -0.15) is 0 Å². The molecule has 21 nitrogen and oxygen atoms in total. The smallest absolute Gasteiger partial charge is 0.248 e. The van der Waals surface area contributed by atoms with Crippen LogP contribution in [0.5, 0.6) is 0 Å². The van der Waals surface area contributed by atoms with Crippen molar-refractivity contribution in [2.75, 3.05) is 95.1 Å². The third-order valence-electron chi connectivity index (χ3n) is 16.8. The number of amides is 3. The molecule has 8 heterocycles. The van der Waals surface area contributed by atoms with E-state index in [9.17, 15) is 22.8 Å². The van der Waals surface area contributed by atoms with Gasteiger partial charge in [0.25, 0.3) is 0 Å². The van der Waals surface area contributed by atoms with Crippen LogP contribution in [0.15, 0.2) is 224 Å². The molecule has 6 aromatic carbocycles. The number of anilines is 10. The van der Waals surface area contributed by atoms with Gasteiger partial charge in [0.15, 0.2) is 26.8 Å². The highest BCUT2D eigenvalue weighted by Crippen LogP contribution is 2.33. The maximum Gasteiger partial charge on any atom is 0.248 e. The molecule has 2 fully saturated rings. The minimum Gasteiger partial charge on any atom is -0.378 e. The standard InChI is InChI=1S/C28H32N6O.C25H25N5O2.C21H18N4O3S/c1-20(2)32-16-18-33(19-17-32)25-10-8-24(9-11-25)31-26-12-13-27(34-15-14-29-28(26)34)22-4-6-23(7-5-22)30-21(3)35;1-18(31)27-20-4-2-19(3-5-20)24-11-10-23(25-26-12-13-30(24)25)28-21-6-8-22(9-7-21)29-14-16-32-17-15-29;1-29(27,28)17-8-6-16(7-9-17)24-18-10-11-19(25-13-12-23-21(18)25)14-2-4-15(5-3-14)20(22)26/h4-15,20,31H,16-19H2,1-3H3,(H,30,35);2-13,28H,14-17H2,1H3,(H,27,31);2-13,24H,1H3,(H2,22,26). The van der Waals surface area contributed by atoms with Crippen LogP contribution in [0.2, 0.25) is 0 Å². The van der Waals surface area contributed by atoms with Gasteiger partial charge in [0.1, 0.15) is 0 Å². The Bertz CT molecular complexity index is 4810. The van der Waals surface area contributed by atoms with E-state index >= 15 is 0 Å². The molecule has 488 valence electrons. The van der Waals surface area contributed by atoms with Crippen LogP contribution in [0.1, 0.15) is 38.1 Å². The number of carbonyl (C=O) groups excluding carboxylic acids is 3. The first-order valence-corrected chi connectivity index (χ1v) is 33.5. The quantitative estimate of drug-likeness (QED) is 0.0527. The Morgan fingerprint density at radius 3 is 1.14 bits per heavy atom. The summed E-state index contributed by atoms with van der Waals surface area (Å²) in [5.41, 5.74) is 23.7. The summed E-state index contributed by atoms with van der Waals surface area (Å²) in [5, 5.41) is 15.9. The summed E-state index contributed by atoms with van der Waals surface area (Å²) < 4.78 is 34.8. The number of piperazine rings is 1. The zero-order valence-electron chi connectivity index (χ0n) is 54.0. The van der Waals surface area contributed by atoms with Crippen LogP contribution >= 0.6 is 0 Å². The lowest BCUT2D eigenvalue weighted by atomic mass is 10.1. The molecule has 96 heavy (non-hydrogen) atoms. The average Bonchev–Trinajstić information content (AvgIpc) is 1.38. The first-order valence-electron chi connectivity index (χ1n) is 31.7. The van der Waals surface area contributed by atoms with E-state index in [2.05, 4.69) is 152 Å². The van der Waals surface area contributed by atoms with Crippen molar-refractivity contribution in [3.05, 3.63) is 225 Å². The summed E-state index contributed by atoms with van der Waals surface area (Å²) in [4.78, 5) is 55.0. The molecule has 14 rings (SSSR count). The van der Waals surface area contributed by atoms with Crippen molar-refractivity contribution in [1.29, 1.82) is 0 Å². The van der Waals surface area contributed by atoms with Crippen molar-refractivity contribution in [1.82, 2.24) is 33.1 Å². The third kappa shape index (κ3) is 15.3. The average molecular weight is 1300 g/mol. The Hall–Kier alpha value is -11.3. The lowest BCUT2D eigenvalue weighted by Gasteiger charge is -2.38. The summed E-state index contributed by atoms with van der Waals surface area (Å²) in [6, 6.07) is 59.1. The summed E-state index contributed by atoms with van der Waals surface area (Å²) in [6.45, 7) is 15.3. The number of benzene rings is 6. The first kappa shape index (κ1) is 64.8. The highest BCUT2D eigenvalue weighted by Gasteiger charge is 2.20. The monoisotopic (exact) mass is 1300 g/mol. The van der Waals surface area contributed by atoms with Gasteiger partial charge in [-0.1, -0.05) is 36.4 Å². The predicted octanol–water partition coefficient (Wildman–Crippen LogP) is 13.0. The van der Waals surface area contributed by atoms with E-state index in [0.717, 1.165) is 143 Å². The Labute approximate surface area is 557 Å². The van der Waals surface area contributed by atoms with Crippen LogP contribution in [0.3, 0.4) is 0 Å². The van der Waals surface area contributed by atoms with Crippen molar-refractivity contribution in [3.8, 4) is 33.8 Å². The van der Waals surface area contributed by atoms with Crippen molar-refractivity contribution >= 4 is 101 Å². The molecule has 0 radical (unpaired) electrons. The molecule has 0 spiro atoms. The minimum atomic E-state index is -3.24. The number of hydrogen-bond acceptors (Lipinski definition) is 15. The van der Waals surface area contributed by atoms with E-state index in [-0.39, 0.29) is 16.7 Å². The molecule has 0 saturated carbocycles. The maximum absolute atomic E-state index is 11.6. The van der Waals surface area contributed by atoms with Gasteiger partial charge in [-0.05, 0) is 176 Å². The Morgan fingerprint density at radius 1 is 0.448 bits per heavy atom. The van der Waals surface area contributed by atoms with E-state index < -0.39 is 15.7 Å². The zero-order valence-corrected chi connectivity index (χ0v) is 54.8. The number of sulfone groups is 1. The molecule has 12 aromatic rings. The van der Waals surface area contributed by atoms with Gasteiger partial charge >= 0.3 is 0 Å². The van der Waals surface area contributed by atoms with Gasteiger partial charge in [-0.25, -0.2) is 23.4 Å². The molecular formula is C74H75N15O6S. The largest absolute Gasteiger partial charge is 0.378 e. The van der Waals surface area contributed by atoms with Crippen molar-refractivity contribution < 1.29 is 27.5 Å². The molecule has 2 aliphatic heterocycles. The molecule has 0 bridgehead atoms. The van der Waals surface area contributed by atoms with Crippen LogP contribution in [0, 0.1) is 0 Å². The third-order valence-corrected chi connectivity index (χ3v) is 17.9. The van der Waals surface area contributed by atoms with Crippen molar-refractivity contribution in [3.63, 3.8) is 0 Å². The van der Waals surface area contributed by atoms with Crippen LogP contribution in [0.4, 0.5) is 56.9 Å². The molecular weight excluding hydrogens is 1230 g/mol. The van der Waals surface area contributed by atoms with E-state index in [1.807, 2.05) is 102 Å². The van der Waals surface area contributed by atoms with Gasteiger partial charge < -0.3 is 46.9 Å². The van der Waals surface area contributed by atoms with E-state index in [1.54, 1.807) is 48.8 Å². The van der Waals surface area contributed by atoms with Crippen molar-refractivity contribution in [2.45, 2.75) is 38.6 Å². The minimum absolute atomic E-state index is 0.0769. The lowest BCUT2D eigenvalue weighted by Crippen LogP contribution is -2.48. The van der Waals surface area contributed by atoms with Crippen molar-refractivity contribution in [2.24, 2.45) is 5.73 Å². The molecule has 6 aromatic heterocycles. The number of nitrogens with zero attached hydrogens (tertiary/aromatic N) is 9. The molecule has 0 aliphatic carbocycles. The number of rotatable bonds is 16. The van der Waals surface area contributed by atoms with E-state index in [0.29, 0.717) is 17.3 Å². The van der Waals surface area contributed by atoms with Crippen LogP contribution in [-0.2, 0) is 24.2 Å². The number of aromatic nitrogens is 6. The number of hydrogen-bond donors (Lipinski definition) is 6. The second-order valence-electron chi connectivity index (χ2n) is 23.7. The number of primary amides is 1. The normalized spacial score (nSPS) is 13.4.